The largest absolute Gasteiger partial charge is 0.352 e. The third-order valence-electron chi connectivity index (χ3n) is 5.85. The van der Waals surface area contributed by atoms with Gasteiger partial charge < -0.3 is 14.3 Å². The summed E-state index contributed by atoms with van der Waals surface area (Å²) in [6.07, 6.45) is 1.14. The van der Waals surface area contributed by atoms with Crippen molar-refractivity contribution < 1.29 is 9.32 Å². The number of nitrogens with zero attached hydrogens (tertiary/aromatic N) is 5. The van der Waals surface area contributed by atoms with Crippen molar-refractivity contribution in [2.45, 2.75) is 19.8 Å². The third-order valence-corrected chi connectivity index (χ3v) is 5.85. The second-order valence-corrected chi connectivity index (χ2v) is 7.92. The Balaban J connectivity index is 1.56. The second kappa shape index (κ2) is 8.78. The Labute approximate surface area is 186 Å². The monoisotopic (exact) mass is 427 g/mol. The molecular weight excluding hydrogens is 402 g/mol. The van der Waals surface area contributed by atoms with Gasteiger partial charge in [0.05, 0.1) is 0 Å². The molecule has 4 aromatic rings. The van der Waals surface area contributed by atoms with Crippen molar-refractivity contribution in [1.82, 2.24) is 20.0 Å². The number of anilines is 1. The number of fused-ring (bicyclic) bond motifs is 1. The summed E-state index contributed by atoms with van der Waals surface area (Å²) in [7, 11) is 0. The van der Waals surface area contributed by atoms with Crippen LogP contribution in [0.1, 0.15) is 24.7 Å². The van der Waals surface area contributed by atoms with E-state index in [4.69, 9.17) is 14.5 Å². The molecule has 1 aliphatic rings. The van der Waals surface area contributed by atoms with E-state index in [2.05, 4.69) is 22.2 Å². The molecule has 1 fully saturated rings. The zero-order valence-corrected chi connectivity index (χ0v) is 18.1. The smallest absolute Gasteiger partial charge is 0.263 e. The van der Waals surface area contributed by atoms with Crippen molar-refractivity contribution >= 4 is 22.8 Å². The van der Waals surface area contributed by atoms with Gasteiger partial charge in [-0.05, 0) is 5.56 Å². The van der Waals surface area contributed by atoms with E-state index in [1.807, 2.05) is 60.4 Å². The number of aromatic nitrogens is 3. The average molecular weight is 428 g/mol. The fraction of sp³-hybridized carbons (Fsp3) is 0.280. The Kier molecular flexibility index (Phi) is 5.54. The lowest BCUT2D eigenvalue weighted by Crippen LogP contribution is -2.49. The number of carbonyl (C=O) groups excluding carboxylic acids is 1. The maximum Gasteiger partial charge on any atom is 0.263 e. The minimum Gasteiger partial charge on any atom is -0.352 e. The van der Waals surface area contributed by atoms with Gasteiger partial charge in [0.25, 0.3) is 5.71 Å². The van der Waals surface area contributed by atoms with Crippen molar-refractivity contribution in [1.29, 1.82) is 0 Å². The van der Waals surface area contributed by atoms with Crippen LogP contribution in [-0.2, 0) is 11.2 Å². The van der Waals surface area contributed by atoms with Crippen LogP contribution in [0.15, 0.2) is 65.2 Å². The summed E-state index contributed by atoms with van der Waals surface area (Å²) in [6.45, 7) is 4.68. The molecule has 5 rings (SSSR count). The van der Waals surface area contributed by atoms with Crippen LogP contribution in [0.25, 0.3) is 22.4 Å². The molecular formula is C25H25N5O2. The van der Waals surface area contributed by atoms with E-state index in [1.54, 1.807) is 0 Å². The van der Waals surface area contributed by atoms with Gasteiger partial charge in [0.15, 0.2) is 0 Å². The van der Waals surface area contributed by atoms with E-state index in [1.165, 1.54) is 0 Å². The fourth-order valence-electron chi connectivity index (χ4n) is 4.15. The van der Waals surface area contributed by atoms with Gasteiger partial charge in [0.2, 0.25) is 5.91 Å². The predicted molar refractivity (Wildman–Crippen MR) is 123 cm³/mol. The van der Waals surface area contributed by atoms with Crippen molar-refractivity contribution in [2.75, 3.05) is 31.1 Å². The number of amides is 1. The molecule has 1 amide bonds. The highest BCUT2D eigenvalue weighted by Gasteiger charge is 2.26. The van der Waals surface area contributed by atoms with Crippen LogP contribution < -0.4 is 4.90 Å². The summed E-state index contributed by atoms with van der Waals surface area (Å²) >= 11 is 0. The zero-order chi connectivity index (χ0) is 21.9. The summed E-state index contributed by atoms with van der Waals surface area (Å²) < 4.78 is 5.70. The van der Waals surface area contributed by atoms with Gasteiger partial charge in [0.1, 0.15) is 22.7 Å². The predicted octanol–water partition coefficient (Wildman–Crippen LogP) is 3.93. The van der Waals surface area contributed by atoms with Crippen LogP contribution in [-0.4, -0.2) is 52.1 Å². The highest BCUT2D eigenvalue weighted by Crippen LogP contribution is 2.34. The van der Waals surface area contributed by atoms with Crippen LogP contribution in [0.2, 0.25) is 0 Å². The SMILES string of the molecule is CCC(=O)N1CCN(c2nc(Cc3ccccc3)nc3onc(-c4ccccc4)c23)CC1. The second-order valence-electron chi connectivity index (χ2n) is 7.92. The number of piperazine rings is 1. The van der Waals surface area contributed by atoms with Gasteiger partial charge in [-0.1, -0.05) is 72.7 Å². The molecule has 1 aliphatic heterocycles. The summed E-state index contributed by atoms with van der Waals surface area (Å²) in [5.41, 5.74) is 3.34. The van der Waals surface area contributed by atoms with Gasteiger partial charge in [0, 0.05) is 44.6 Å². The molecule has 0 unspecified atom stereocenters. The molecule has 0 radical (unpaired) electrons. The first-order valence-corrected chi connectivity index (χ1v) is 11.0. The first-order valence-electron chi connectivity index (χ1n) is 11.0. The van der Waals surface area contributed by atoms with Gasteiger partial charge in [-0.25, -0.2) is 4.98 Å². The Bertz CT molecular complexity index is 1220. The van der Waals surface area contributed by atoms with Gasteiger partial charge in [-0.2, -0.15) is 4.98 Å². The molecule has 1 saturated heterocycles. The molecule has 0 aliphatic carbocycles. The Hall–Kier alpha value is -3.74. The number of benzene rings is 2. The summed E-state index contributed by atoms with van der Waals surface area (Å²) in [5, 5.41) is 5.18. The lowest BCUT2D eigenvalue weighted by atomic mass is 10.1. The quantitative estimate of drug-likeness (QED) is 0.480. The van der Waals surface area contributed by atoms with Crippen LogP contribution in [0, 0.1) is 0 Å². The van der Waals surface area contributed by atoms with Crippen LogP contribution in [0.5, 0.6) is 0 Å². The topological polar surface area (TPSA) is 75.4 Å². The van der Waals surface area contributed by atoms with Crippen LogP contribution in [0.3, 0.4) is 0 Å². The van der Waals surface area contributed by atoms with Crippen LogP contribution >= 0.6 is 0 Å². The normalized spacial score (nSPS) is 14.2. The fourth-order valence-corrected chi connectivity index (χ4v) is 4.15. The van der Waals surface area contributed by atoms with Crippen molar-refractivity contribution in [3.05, 3.63) is 72.1 Å². The van der Waals surface area contributed by atoms with Gasteiger partial charge in [-0.3, -0.25) is 4.79 Å². The van der Waals surface area contributed by atoms with E-state index in [0.29, 0.717) is 50.6 Å². The Morgan fingerprint density at radius 2 is 1.62 bits per heavy atom. The lowest BCUT2D eigenvalue weighted by Gasteiger charge is -2.35. The molecule has 162 valence electrons. The minimum absolute atomic E-state index is 0.192. The summed E-state index contributed by atoms with van der Waals surface area (Å²) in [6, 6.07) is 20.1. The molecule has 32 heavy (non-hydrogen) atoms. The first kappa shape index (κ1) is 20.2. The van der Waals surface area contributed by atoms with E-state index < -0.39 is 0 Å². The summed E-state index contributed by atoms with van der Waals surface area (Å²) in [5.74, 6) is 1.71. The third kappa shape index (κ3) is 3.93. The van der Waals surface area contributed by atoms with E-state index in [0.717, 1.165) is 28.0 Å². The molecule has 0 spiro atoms. The minimum atomic E-state index is 0.192. The van der Waals surface area contributed by atoms with Gasteiger partial charge in [-0.15, -0.1) is 0 Å². The molecule has 0 bridgehead atoms. The standard InChI is InChI=1S/C25H25N5O2/c1-2-21(31)29-13-15-30(16-14-29)24-22-23(19-11-7-4-8-12-19)28-32-25(22)27-20(26-24)17-18-9-5-3-6-10-18/h3-12H,2,13-17H2,1H3. The summed E-state index contributed by atoms with van der Waals surface area (Å²) in [4.78, 5) is 26.0. The highest BCUT2D eigenvalue weighted by atomic mass is 16.5. The zero-order valence-electron chi connectivity index (χ0n) is 18.1. The molecule has 0 saturated carbocycles. The molecule has 0 N–H and O–H groups in total. The van der Waals surface area contributed by atoms with Crippen molar-refractivity contribution in [2.24, 2.45) is 0 Å². The number of hydrogen-bond acceptors (Lipinski definition) is 6. The molecule has 2 aromatic carbocycles. The Morgan fingerprint density at radius 3 is 2.31 bits per heavy atom. The molecule has 7 nitrogen and oxygen atoms in total. The van der Waals surface area contributed by atoms with Crippen molar-refractivity contribution in [3.63, 3.8) is 0 Å². The van der Waals surface area contributed by atoms with Crippen molar-refractivity contribution in [3.8, 4) is 11.3 Å². The lowest BCUT2D eigenvalue weighted by molar-refractivity contribution is -0.131. The van der Waals surface area contributed by atoms with Crippen LogP contribution in [0.4, 0.5) is 5.82 Å². The average Bonchev–Trinajstić information content (AvgIpc) is 3.28. The van der Waals surface area contributed by atoms with E-state index in [9.17, 15) is 4.79 Å². The first-order chi connectivity index (χ1) is 15.7. The number of carbonyl (C=O) groups is 1. The molecule has 3 heterocycles. The molecule has 7 heteroatoms. The maximum absolute atomic E-state index is 12.1. The number of rotatable bonds is 5. The molecule has 0 atom stereocenters. The number of hydrogen-bond donors (Lipinski definition) is 0. The van der Waals surface area contributed by atoms with Gasteiger partial charge >= 0.3 is 0 Å². The molecule has 2 aromatic heterocycles. The van der Waals surface area contributed by atoms with E-state index in [-0.39, 0.29) is 5.91 Å². The van der Waals surface area contributed by atoms with E-state index >= 15 is 0 Å². The highest BCUT2D eigenvalue weighted by molar-refractivity contribution is 5.98. The maximum atomic E-state index is 12.1. The Morgan fingerprint density at radius 1 is 0.938 bits per heavy atom.